The topological polar surface area (TPSA) is 92.7 Å². The monoisotopic (exact) mass is 301 g/mol. The fourth-order valence-electron chi connectivity index (χ4n) is 2.69. The number of aryl methyl sites for hydroxylation is 2. The lowest BCUT2D eigenvalue weighted by molar-refractivity contribution is -0.124. The Morgan fingerprint density at radius 1 is 1.50 bits per heavy atom. The fourth-order valence-corrected chi connectivity index (χ4v) is 2.69. The summed E-state index contributed by atoms with van der Waals surface area (Å²) in [4.78, 5) is 31.2. The Morgan fingerprint density at radius 2 is 2.36 bits per heavy atom. The van der Waals surface area contributed by atoms with E-state index in [1.807, 2.05) is 0 Å². The van der Waals surface area contributed by atoms with Crippen LogP contribution in [-0.2, 0) is 24.1 Å². The first-order chi connectivity index (χ1) is 10.6. The number of carbonyl (C=O) groups is 1. The van der Waals surface area contributed by atoms with Crippen molar-refractivity contribution in [3.63, 3.8) is 0 Å². The van der Waals surface area contributed by atoms with Crippen LogP contribution in [0.5, 0.6) is 0 Å². The number of nitrogens with one attached hydrogen (secondary N) is 2. The molecule has 7 nitrogen and oxygen atoms in total. The van der Waals surface area contributed by atoms with Crippen LogP contribution in [0, 0.1) is 0 Å². The molecule has 2 heterocycles. The molecule has 0 saturated heterocycles. The number of aromatic amines is 1. The number of rotatable bonds is 5. The van der Waals surface area contributed by atoms with E-state index in [-0.39, 0.29) is 11.5 Å². The Bertz CT molecular complexity index is 720. The molecule has 116 valence electrons. The molecule has 1 unspecified atom stereocenters. The van der Waals surface area contributed by atoms with E-state index in [9.17, 15) is 9.59 Å². The Hall–Kier alpha value is -2.44. The lowest BCUT2D eigenvalue weighted by atomic mass is 10.2. The van der Waals surface area contributed by atoms with E-state index in [4.69, 9.17) is 0 Å². The molecule has 0 radical (unpaired) electrons. The molecule has 2 aromatic rings. The molecule has 1 aliphatic rings. The third kappa shape index (κ3) is 2.93. The molecule has 0 bridgehead atoms. The first-order valence-corrected chi connectivity index (χ1v) is 7.51. The minimum Gasteiger partial charge on any atom is -0.354 e. The number of aromatic nitrogens is 4. The van der Waals surface area contributed by atoms with Crippen LogP contribution >= 0.6 is 0 Å². The summed E-state index contributed by atoms with van der Waals surface area (Å²) in [7, 11) is 0. The van der Waals surface area contributed by atoms with Crippen LogP contribution in [0.4, 0.5) is 0 Å². The molecule has 0 aliphatic heterocycles. The van der Waals surface area contributed by atoms with Gasteiger partial charge in [-0.3, -0.25) is 9.59 Å². The van der Waals surface area contributed by atoms with Crippen molar-refractivity contribution < 1.29 is 4.79 Å². The normalized spacial score (nSPS) is 14.6. The van der Waals surface area contributed by atoms with E-state index in [2.05, 4.69) is 20.4 Å². The lowest BCUT2D eigenvalue weighted by Crippen LogP contribution is -2.38. The molecule has 2 N–H and O–H groups in total. The summed E-state index contributed by atoms with van der Waals surface area (Å²) in [6, 6.07) is 1.00. The predicted molar refractivity (Wildman–Crippen MR) is 80.5 cm³/mol. The number of nitrogens with zero attached hydrogens (tertiary/aromatic N) is 3. The maximum Gasteiger partial charge on any atom is 0.267 e. The van der Waals surface area contributed by atoms with Crippen molar-refractivity contribution in [3.8, 4) is 0 Å². The van der Waals surface area contributed by atoms with Gasteiger partial charge in [-0.25, -0.2) is 9.67 Å². The van der Waals surface area contributed by atoms with Crippen LogP contribution in [0.1, 0.15) is 36.3 Å². The number of hydrogen-bond acceptors (Lipinski definition) is 4. The van der Waals surface area contributed by atoms with Gasteiger partial charge in [0.05, 0.1) is 12.0 Å². The lowest BCUT2D eigenvalue weighted by Gasteiger charge is -2.15. The van der Waals surface area contributed by atoms with Crippen LogP contribution in [0.3, 0.4) is 0 Å². The smallest absolute Gasteiger partial charge is 0.267 e. The second-order valence-electron chi connectivity index (χ2n) is 5.55. The van der Waals surface area contributed by atoms with Gasteiger partial charge in [0.2, 0.25) is 5.91 Å². The highest BCUT2D eigenvalue weighted by atomic mass is 16.2. The first-order valence-electron chi connectivity index (χ1n) is 7.51. The molecule has 0 spiro atoms. The predicted octanol–water partition coefficient (Wildman–Crippen LogP) is 0.375. The second kappa shape index (κ2) is 6.13. The van der Waals surface area contributed by atoms with Gasteiger partial charge in [0.1, 0.15) is 6.04 Å². The summed E-state index contributed by atoms with van der Waals surface area (Å²) in [6.45, 7) is 2.19. The van der Waals surface area contributed by atoms with Crippen molar-refractivity contribution in [3.05, 3.63) is 45.9 Å². The summed E-state index contributed by atoms with van der Waals surface area (Å²) < 4.78 is 1.29. The number of amides is 1. The van der Waals surface area contributed by atoms with Crippen molar-refractivity contribution in [2.45, 2.75) is 38.6 Å². The van der Waals surface area contributed by atoms with Gasteiger partial charge in [0.25, 0.3) is 5.56 Å². The van der Waals surface area contributed by atoms with E-state index < -0.39 is 6.04 Å². The van der Waals surface area contributed by atoms with Crippen LogP contribution in [0.2, 0.25) is 0 Å². The third-order valence-corrected chi connectivity index (χ3v) is 3.98. The number of carbonyl (C=O) groups excluding carboxylic acids is 1. The van der Waals surface area contributed by atoms with E-state index in [0.717, 1.165) is 36.2 Å². The van der Waals surface area contributed by atoms with Crippen molar-refractivity contribution in [2.75, 3.05) is 6.54 Å². The van der Waals surface area contributed by atoms with Crippen molar-refractivity contribution >= 4 is 5.91 Å². The highest BCUT2D eigenvalue weighted by molar-refractivity contribution is 5.79. The van der Waals surface area contributed by atoms with E-state index in [0.29, 0.717) is 13.0 Å². The molecule has 0 saturated carbocycles. The summed E-state index contributed by atoms with van der Waals surface area (Å²) in [5.74, 6) is -0.202. The first kappa shape index (κ1) is 14.5. The molecule has 0 aromatic carbocycles. The Morgan fingerprint density at radius 3 is 3.14 bits per heavy atom. The summed E-state index contributed by atoms with van der Waals surface area (Å²) in [5, 5.41) is 7.19. The standard InChI is InChI=1S/C15H19N5O2/c1-10(15(22)17-6-5-12-8-16-9-18-12)20-14(21)7-11-3-2-4-13(11)19-20/h7-10H,2-6H2,1H3,(H,16,18)(H,17,22). The van der Waals surface area contributed by atoms with E-state index in [1.165, 1.54) is 4.68 Å². The molecule has 1 amide bonds. The van der Waals surface area contributed by atoms with Gasteiger partial charge in [0, 0.05) is 30.9 Å². The number of hydrogen-bond donors (Lipinski definition) is 2. The minimum atomic E-state index is -0.611. The van der Waals surface area contributed by atoms with E-state index in [1.54, 1.807) is 25.5 Å². The molecule has 3 rings (SSSR count). The van der Waals surface area contributed by atoms with Crippen LogP contribution in [-0.4, -0.2) is 32.2 Å². The maximum atomic E-state index is 12.2. The number of imidazole rings is 1. The zero-order valence-corrected chi connectivity index (χ0v) is 12.5. The molecular formula is C15H19N5O2. The molecule has 1 atom stereocenters. The molecule has 2 aromatic heterocycles. The van der Waals surface area contributed by atoms with Gasteiger partial charge in [0.15, 0.2) is 0 Å². The van der Waals surface area contributed by atoms with Gasteiger partial charge >= 0.3 is 0 Å². The maximum absolute atomic E-state index is 12.2. The molecular weight excluding hydrogens is 282 g/mol. The summed E-state index contributed by atoms with van der Waals surface area (Å²) in [5.41, 5.74) is 2.71. The van der Waals surface area contributed by atoms with Crippen LogP contribution in [0.25, 0.3) is 0 Å². The van der Waals surface area contributed by atoms with Gasteiger partial charge in [-0.05, 0) is 31.7 Å². The van der Waals surface area contributed by atoms with Crippen molar-refractivity contribution in [1.82, 2.24) is 25.1 Å². The average molecular weight is 301 g/mol. The van der Waals surface area contributed by atoms with Crippen LogP contribution in [0.15, 0.2) is 23.4 Å². The van der Waals surface area contributed by atoms with Gasteiger partial charge in [-0.1, -0.05) is 0 Å². The summed E-state index contributed by atoms with van der Waals surface area (Å²) >= 11 is 0. The van der Waals surface area contributed by atoms with Crippen molar-refractivity contribution in [2.24, 2.45) is 0 Å². The van der Waals surface area contributed by atoms with Crippen LogP contribution < -0.4 is 10.9 Å². The Labute approximate surface area is 127 Å². The molecule has 0 fully saturated rings. The molecule has 7 heteroatoms. The molecule has 22 heavy (non-hydrogen) atoms. The molecule has 1 aliphatic carbocycles. The number of H-pyrrole nitrogens is 1. The Balaban J connectivity index is 1.64. The second-order valence-corrected chi connectivity index (χ2v) is 5.55. The van der Waals surface area contributed by atoms with Gasteiger partial charge < -0.3 is 10.3 Å². The highest BCUT2D eigenvalue weighted by Crippen LogP contribution is 2.17. The SMILES string of the molecule is CC(C(=O)NCCc1cnc[nH]1)n1nc2c(cc1=O)CCC2. The average Bonchev–Trinajstić information content (AvgIpc) is 3.16. The highest BCUT2D eigenvalue weighted by Gasteiger charge is 2.21. The fraction of sp³-hybridized carbons (Fsp3) is 0.467. The third-order valence-electron chi connectivity index (χ3n) is 3.98. The largest absolute Gasteiger partial charge is 0.354 e. The van der Waals surface area contributed by atoms with Gasteiger partial charge in [-0.2, -0.15) is 5.10 Å². The van der Waals surface area contributed by atoms with E-state index >= 15 is 0 Å². The quantitative estimate of drug-likeness (QED) is 0.835. The minimum absolute atomic E-state index is 0.202. The van der Waals surface area contributed by atoms with Gasteiger partial charge in [-0.15, -0.1) is 0 Å². The Kier molecular flexibility index (Phi) is 4.04. The summed E-state index contributed by atoms with van der Waals surface area (Å²) in [6.07, 6.45) is 6.81. The number of fused-ring (bicyclic) bond motifs is 1. The zero-order chi connectivity index (χ0) is 15.5. The zero-order valence-electron chi connectivity index (χ0n) is 12.5. The van der Waals surface area contributed by atoms with Crippen molar-refractivity contribution in [1.29, 1.82) is 0 Å².